The first-order valence-electron chi connectivity index (χ1n) is 12.2. The molecule has 1 aliphatic heterocycles. The molecule has 3 amide bonds. The van der Waals surface area contributed by atoms with Gasteiger partial charge in [0.25, 0.3) is 0 Å². The smallest absolute Gasteiger partial charge is 0.335 e. The van der Waals surface area contributed by atoms with E-state index in [2.05, 4.69) is 10.6 Å². The number of hydrogen-bond donors (Lipinski definition) is 3. The molecule has 204 valence electrons. The van der Waals surface area contributed by atoms with Crippen LogP contribution in [0.1, 0.15) is 28.8 Å². The SMILES string of the molecule is COc1cc(CC(=O)N2CCC[C@H]2C(Cl)Oc2ccc(C(=O)O)cc2)ccc1NC(=O)Nc1ccccc1Cl. The highest BCUT2D eigenvalue weighted by Gasteiger charge is 2.35. The van der Waals surface area contributed by atoms with Crippen LogP contribution >= 0.6 is 23.2 Å². The van der Waals surface area contributed by atoms with Crippen LogP contribution in [0.4, 0.5) is 16.2 Å². The van der Waals surface area contributed by atoms with Crippen LogP contribution in [0.5, 0.6) is 11.5 Å². The number of para-hydroxylation sites is 1. The number of rotatable bonds is 9. The van der Waals surface area contributed by atoms with Gasteiger partial charge in [-0.15, -0.1) is 0 Å². The van der Waals surface area contributed by atoms with Crippen molar-refractivity contribution in [1.82, 2.24) is 4.90 Å². The Kier molecular flexibility index (Phi) is 9.16. The summed E-state index contributed by atoms with van der Waals surface area (Å²) < 4.78 is 11.3. The summed E-state index contributed by atoms with van der Waals surface area (Å²) in [5.74, 6) is -0.328. The lowest BCUT2D eigenvalue weighted by Gasteiger charge is -2.28. The van der Waals surface area contributed by atoms with Crippen molar-refractivity contribution in [1.29, 1.82) is 0 Å². The summed E-state index contributed by atoms with van der Waals surface area (Å²) in [5.41, 5.74) is 0.946. The quantitative estimate of drug-likeness (QED) is 0.276. The Balaban J connectivity index is 1.37. The topological polar surface area (TPSA) is 117 Å². The summed E-state index contributed by atoms with van der Waals surface area (Å²) >= 11 is 12.6. The van der Waals surface area contributed by atoms with Crippen LogP contribution < -0.4 is 20.1 Å². The molecule has 0 aliphatic carbocycles. The Morgan fingerprint density at radius 2 is 1.77 bits per heavy atom. The van der Waals surface area contributed by atoms with Crippen LogP contribution in [0, 0.1) is 0 Å². The summed E-state index contributed by atoms with van der Waals surface area (Å²) in [6.07, 6.45) is 1.57. The Hall–Kier alpha value is -3.95. The van der Waals surface area contributed by atoms with Gasteiger partial charge in [-0.3, -0.25) is 4.79 Å². The van der Waals surface area contributed by atoms with Gasteiger partial charge in [-0.1, -0.05) is 41.4 Å². The van der Waals surface area contributed by atoms with Gasteiger partial charge in [0.05, 0.1) is 41.5 Å². The third-order valence-electron chi connectivity index (χ3n) is 6.26. The number of carbonyl (C=O) groups excluding carboxylic acids is 2. The lowest BCUT2D eigenvalue weighted by Crippen LogP contribution is -2.43. The number of anilines is 2. The number of nitrogens with zero attached hydrogens (tertiary/aromatic N) is 1. The minimum atomic E-state index is -1.03. The van der Waals surface area contributed by atoms with E-state index < -0.39 is 17.6 Å². The molecule has 39 heavy (non-hydrogen) atoms. The largest absolute Gasteiger partial charge is 0.495 e. The highest BCUT2D eigenvalue weighted by atomic mass is 35.5. The van der Waals surface area contributed by atoms with Crippen molar-refractivity contribution in [2.45, 2.75) is 30.9 Å². The predicted octanol–water partition coefficient (Wildman–Crippen LogP) is 5.87. The Morgan fingerprint density at radius 1 is 1.05 bits per heavy atom. The van der Waals surface area contributed by atoms with Crippen molar-refractivity contribution >= 4 is 52.5 Å². The van der Waals surface area contributed by atoms with E-state index in [9.17, 15) is 14.4 Å². The molecule has 3 N–H and O–H groups in total. The molecule has 0 bridgehead atoms. The number of carbonyl (C=O) groups is 3. The van der Waals surface area contributed by atoms with Crippen molar-refractivity contribution in [3.05, 3.63) is 82.9 Å². The molecule has 1 aliphatic rings. The molecule has 0 saturated carbocycles. The molecule has 2 atom stereocenters. The van der Waals surface area contributed by atoms with Gasteiger partial charge >= 0.3 is 12.0 Å². The fourth-order valence-electron chi connectivity index (χ4n) is 4.32. The van der Waals surface area contributed by atoms with Crippen molar-refractivity contribution in [3.63, 3.8) is 0 Å². The van der Waals surface area contributed by atoms with E-state index in [-0.39, 0.29) is 23.9 Å². The maximum Gasteiger partial charge on any atom is 0.335 e. The monoisotopic (exact) mass is 571 g/mol. The zero-order valence-electron chi connectivity index (χ0n) is 21.0. The number of aromatic carboxylic acids is 1. The molecule has 4 rings (SSSR count). The van der Waals surface area contributed by atoms with Gasteiger partial charge in [-0.25, -0.2) is 9.59 Å². The maximum atomic E-state index is 13.2. The van der Waals surface area contributed by atoms with Gasteiger partial charge in [0, 0.05) is 6.54 Å². The minimum absolute atomic E-state index is 0.107. The number of likely N-dealkylation sites (tertiary alicyclic amines) is 1. The van der Waals surface area contributed by atoms with E-state index in [1.165, 1.54) is 31.4 Å². The summed E-state index contributed by atoms with van der Waals surface area (Å²) in [6.45, 7) is 0.549. The molecule has 11 heteroatoms. The van der Waals surface area contributed by atoms with Gasteiger partial charge in [-0.05, 0) is 66.9 Å². The number of methoxy groups -OCH3 is 1. The summed E-state index contributed by atoms with van der Waals surface area (Å²) in [4.78, 5) is 38.4. The number of ether oxygens (including phenoxy) is 2. The number of carboxylic acid groups (broad SMARTS) is 1. The van der Waals surface area contributed by atoms with E-state index in [0.717, 1.165) is 6.42 Å². The van der Waals surface area contributed by atoms with Crippen LogP contribution in [-0.2, 0) is 11.2 Å². The molecule has 0 spiro atoms. The normalized spacial score (nSPS) is 15.4. The fourth-order valence-corrected chi connectivity index (χ4v) is 4.87. The Morgan fingerprint density at radius 3 is 2.46 bits per heavy atom. The molecule has 1 unspecified atom stereocenters. The predicted molar refractivity (Wildman–Crippen MR) is 149 cm³/mol. The number of hydrogen-bond acceptors (Lipinski definition) is 5. The second-order valence-electron chi connectivity index (χ2n) is 8.87. The van der Waals surface area contributed by atoms with Crippen LogP contribution in [-0.4, -0.2) is 53.2 Å². The third kappa shape index (κ3) is 7.13. The average molecular weight is 572 g/mol. The standard InChI is InChI=1S/C28H27Cl2N3O6/c1-38-24-15-17(8-13-22(24)32-28(37)31-21-6-3-2-5-20(21)29)16-25(34)33-14-4-7-23(33)26(30)39-19-11-9-18(10-12-19)27(35)36/h2-3,5-6,8-13,15,23,26H,4,7,14,16H2,1H3,(H,35,36)(H2,31,32,37)/t23-,26?/m0/s1. The molecule has 1 fully saturated rings. The Bertz CT molecular complexity index is 1350. The summed E-state index contributed by atoms with van der Waals surface area (Å²) in [5, 5.41) is 14.9. The number of carboxylic acids is 1. The van der Waals surface area contributed by atoms with E-state index >= 15 is 0 Å². The number of nitrogens with one attached hydrogen (secondary N) is 2. The molecule has 1 heterocycles. The first-order chi connectivity index (χ1) is 18.7. The molecular formula is C28H27Cl2N3O6. The highest BCUT2D eigenvalue weighted by molar-refractivity contribution is 6.33. The van der Waals surface area contributed by atoms with Crippen molar-refractivity contribution < 1.29 is 29.0 Å². The van der Waals surface area contributed by atoms with Gasteiger partial charge in [0.15, 0.2) is 5.56 Å². The fraction of sp³-hybridized carbons (Fsp3) is 0.250. The number of halogens is 2. The van der Waals surface area contributed by atoms with Crippen molar-refractivity contribution in [3.8, 4) is 11.5 Å². The van der Waals surface area contributed by atoms with Crippen molar-refractivity contribution in [2.75, 3.05) is 24.3 Å². The summed E-state index contributed by atoms with van der Waals surface area (Å²) in [6, 6.07) is 17.1. The first-order valence-corrected chi connectivity index (χ1v) is 13.0. The van der Waals surface area contributed by atoms with Crippen LogP contribution in [0.2, 0.25) is 5.02 Å². The van der Waals surface area contributed by atoms with Gasteiger partial charge in [-0.2, -0.15) is 0 Å². The number of benzene rings is 3. The van der Waals surface area contributed by atoms with Gasteiger partial charge in [0.2, 0.25) is 5.91 Å². The van der Waals surface area contributed by atoms with E-state index in [1.807, 2.05) is 0 Å². The highest BCUT2D eigenvalue weighted by Crippen LogP contribution is 2.30. The second kappa shape index (κ2) is 12.7. The lowest BCUT2D eigenvalue weighted by molar-refractivity contribution is -0.132. The molecule has 9 nitrogen and oxygen atoms in total. The van der Waals surface area contributed by atoms with Crippen LogP contribution in [0.15, 0.2) is 66.7 Å². The number of alkyl halides is 1. The van der Waals surface area contributed by atoms with Crippen LogP contribution in [0.25, 0.3) is 0 Å². The average Bonchev–Trinajstić information content (AvgIpc) is 3.42. The lowest BCUT2D eigenvalue weighted by atomic mass is 10.1. The zero-order valence-corrected chi connectivity index (χ0v) is 22.5. The molecule has 3 aromatic carbocycles. The first kappa shape index (κ1) is 28.1. The van der Waals surface area contributed by atoms with E-state index in [1.54, 1.807) is 47.4 Å². The van der Waals surface area contributed by atoms with Gasteiger partial charge < -0.3 is 30.1 Å². The van der Waals surface area contributed by atoms with Gasteiger partial charge in [0.1, 0.15) is 11.5 Å². The van der Waals surface area contributed by atoms with E-state index in [4.69, 9.17) is 37.8 Å². The molecular weight excluding hydrogens is 545 g/mol. The number of amides is 3. The Labute approximate surface area is 235 Å². The molecule has 0 aromatic heterocycles. The molecule has 0 radical (unpaired) electrons. The maximum absolute atomic E-state index is 13.2. The zero-order chi connectivity index (χ0) is 27.9. The molecule has 1 saturated heterocycles. The minimum Gasteiger partial charge on any atom is -0.495 e. The second-order valence-corrected chi connectivity index (χ2v) is 9.70. The third-order valence-corrected chi connectivity index (χ3v) is 6.97. The van der Waals surface area contributed by atoms with Crippen LogP contribution in [0.3, 0.4) is 0 Å². The van der Waals surface area contributed by atoms with Crippen molar-refractivity contribution in [2.24, 2.45) is 0 Å². The molecule has 3 aromatic rings. The van der Waals surface area contributed by atoms with E-state index in [0.29, 0.717) is 46.4 Å². The number of urea groups is 1. The summed E-state index contributed by atoms with van der Waals surface area (Å²) in [7, 11) is 1.48.